The van der Waals surface area contributed by atoms with E-state index in [1.807, 2.05) is 24.3 Å². The van der Waals surface area contributed by atoms with E-state index in [0.717, 1.165) is 36.4 Å². The van der Waals surface area contributed by atoms with Crippen LogP contribution in [0.1, 0.15) is 18.4 Å². The molecule has 5 nitrogen and oxygen atoms in total. The molecule has 0 spiro atoms. The zero-order valence-electron chi connectivity index (χ0n) is 12.2. The van der Waals surface area contributed by atoms with E-state index in [4.69, 9.17) is 16.7 Å². The van der Waals surface area contributed by atoms with Gasteiger partial charge in [0.1, 0.15) is 5.75 Å². The maximum Gasteiger partial charge on any atom is 0.318 e. The van der Waals surface area contributed by atoms with Crippen molar-refractivity contribution < 1.29 is 18.3 Å². The smallest absolute Gasteiger partial charge is 0.318 e. The van der Waals surface area contributed by atoms with Gasteiger partial charge in [0.25, 0.3) is 0 Å². The topological polar surface area (TPSA) is 74.7 Å². The second kappa shape index (κ2) is 7.44. The van der Waals surface area contributed by atoms with E-state index in [1.165, 1.54) is 0 Å². The molecule has 0 bridgehead atoms. The summed E-state index contributed by atoms with van der Waals surface area (Å²) in [4.78, 5) is 12.7. The van der Waals surface area contributed by atoms with Gasteiger partial charge in [0.15, 0.2) is 9.84 Å². The number of nitrogens with zero attached hydrogens (tertiary/aromatic N) is 1. The molecule has 1 aliphatic rings. The molecule has 0 aliphatic carbocycles. The van der Waals surface area contributed by atoms with Crippen molar-refractivity contribution in [3.8, 4) is 0 Å². The van der Waals surface area contributed by atoms with Crippen LogP contribution in [0.15, 0.2) is 24.3 Å². The van der Waals surface area contributed by atoms with Crippen LogP contribution in [0.5, 0.6) is 0 Å². The first-order chi connectivity index (χ1) is 10.4. The molecule has 1 N–H and O–H groups in total. The molecule has 0 radical (unpaired) electrons. The van der Waals surface area contributed by atoms with E-state index in [2.05, 4.69) is 4.90 Å². The molecule has 1 atom stereocenters. The zero-order chi connectivity index (χ0) is 16.2. The predicted molar refractivity (Wildman–Crippen MR) is 86.0 cm³/mol. The molecule has 1 unspecified atom stereocenters. The van der Waals surface area contributed by atoms with Crippen molar-refractivity contribution in [3.63, 3.8) is 0 Å². The molecule has 1 aromatic carbocycles. The van der Waals surface area contributed by atoms with E-state index in [1.54, 1.807) is 0 Å². The average molecular weight is 346 g/mol. The molecule has 22 heavy (non-hydrogen) atoms. The van der Waals surface area contributed by atoms with Crippen LogP contribution in [0.25, 0.3) is 0 Å². The van der Waals surface area contributed by atoms with E-state index in [9.17, 15) is 13.2 Å². The standard InChI is InChI=1S/C15H20ClNO4S/c16-14-6-2-1-4-12(14)10-13-5-3-7-17(13)8-9-22(20,21)11-15(18)19/h1-2,4,6,13H,3,5,7-11H2,(H,18,19). The number of halogens is 1. The minimum atomic E-state index is -3.54. The summed E-state index contributed by atoms with van der Waals surface area (Å²) in [5, 5.41) is 9.34. The lowest BCUT2D eigenvalue weighted by Crippen LogP contribution is -2.36. The largest absolute Gasteiger partial charge is 0.480 e. The van der Waals surface area contributed by atoms with Gasteiger partial charge in [-0.05, 0) is 37.4 Å². The predicted octanol–water partition coefficient (Wildman–Crippen LogP) is 1.85. The number of likely N-dealkylation sites (tertiary alicyclic amines) is 1. The van der Waals surface area contributed by atoms with Crippen LogP contribution >= 0.6 is 11.6 Å². The van der Waals surface area contributed by atoms with Gasteiger partial charge in [-0.2, -0.15) is 0 Å². The maximum atomic E-state index is 11.7. The van der Waals surface area contributed by atoms with Crippen molar-refractivity contribution >= 4 is 27.4 Å². The lowest BCUT2D eigenvalue weighted by Gasteiger charge is -2.24. The molecule has 1 saturated heterocycles. The summed E-state index contributed by atoms with van der Waals surface area (Å²) >= 11 is 6.18. The van der Waals surface area contributed by atoms with Crippen molar-refractivity contribution in [2.24, 2.45) is 0 Å². The first-order valence-electron chi connectivity index (χ1n) is 7.27. The third kappa shape index (κ3) is 4.97. The molecule has 7 heteroatoms. The van der Waals surface area contributed by atoms with E-state index >= 15 is 0 Å². The fourth-order valence-corrected chi connectivity index (χ4v) is 4.10. The molecular weight excluding hydrogens is 326 g/mol. The van der Waals surface area contributed by atoms with Crippen LogP contribution in [0.3, 0.4) is 0 Å². The molecule has 0 aromatic heterocycles. The summed E-state index contributed by atoms with van der Waals surface area (Å²) < 4.78 is 23.4. The highest BCUT2D eigenvalue weighted by atomic mass is 35.5. The van der Waals surface area contributed by atoms with Crippen LogP contribution < -0.4 is 0 Å². The van der Waals surface area contributed by atoms with E-state index < -0.39 is 21.6 Å². The number of aliphatic carboxylic acids is 1. The average Bonchev–Trinajstić information content (AvgIpc) is 2.85. The quantitative estimate of drug-likeness (QED) is 0.816. The Balaban J connectivity index is 1.94. The third-order valence-corrected chi connectivity index (χ3v) is 5.81. The first-order valence-corrected chi connectivity index (χ1v) is 9.47. The Morgan fingerprint density at radius 1 is 1.36 bits per heavy atom. The Morgan fingerprint density at radius 2 is 2.09 bits per heavy atom. The Bertz CT molecular complexity index is 632. The Labute approximate surface area is 135 Å². The van der Waals surface area contributed by atoms with Crippen molar-refractivity contribution in [2.45, 2.75) is 25.3 Å². The summed E-state index contributed by atoms with van der Waals surface area (Å²) in [5.41, 5.74) is 1.06. The fourth-order valence-electron chi connectivity index (χ4n) is 2.86. The van der Waals surface area contributed by atoms with Gasteiger partial charge in [-0.1, -0.05) is 29.8 Å². The van der Waals surface area contributed by atoms with Crippen molar-refractivity contribution in [1.82, 2.24) is 4.90 Å². The monoisotopic (exact) mass is 345 g/mol. The van der Waals surface area contributed by atoms with Gasteiger partial charge >= 0.3 is 5.97 Å². The third-order valence-electron chi connectivity index (χ3n) is 3.95. The van der Waals surface area contributed by atoms with Crippen LogP contribution in [-0.2, 0) is 21.1 Å². The van der Waals surface area contributed by atoms with Gasteiger partial charge in [-0.25, -0.2) is 8.42 Å². The number of rotatable bonds is 7. The summed E-state index contributed by atoms with van der Waals surface area (Å²) in [5.74, 6) is -2.21. The summed E-state index contributed by atoms with van der Waals surface area (Å²) in [6.45, 7) is 1.22. The van der Waals surface area contributed by atoms with Gasteiger partial charge in [0.2, 0.25) is 0 Å². The van der Waals surface area contributed by atoms with Crippen molar-refractivity contribution in [3.05, 3.63) is 34.9 Å². The highest BCUT2D eigenvalue weighted by molar-refractivity contribution is 7.92. The van der Waals surface area contributed by atoms with E-state index in [-0.39, 0.29) is 11.8 Å². The number of benzene rings is 1. The number of carboxylic acids is 1. The molecule has 122 valence electrons. The first kappa shape index (κ1) is 17.2. The SMILES string of the molecule is O=C(O)CS(=O)(=O)CCN1CCCC1Cc1ccccc1Cl. The van der Waals surface area contributed by atoms with Crippen molar-refractivity contribution in [1.29, 1.82) is 0 Å². The Hall–Kier alpha value is -1.11. The molecular formula is C15H20ClNO4S. The van der Waals surface area contributed by atoms with Gasteiger partial charge in [-0.3, -0.25) is 9.69 Å². The molecule has 2 rings (SSSR count). The van der Waals surface area contributed by atoms with Crippen LogP contribution in [0.2, 0.25) is 5.02 Å². The molecule has 0 saturated carbocycles. The maximum absolute atomic E-state index is 11.7. The lowest BCUT2D eigenvalue weighted by atomic mass is 10.0. The lowest BCUT2D eigenvalue weighted by molar-refractivity contribution is -0.134. The number of carboxylic acid groups (broad SMARTS) is 1. The van der Waals surface area contributed by atoms with Gasteiger partial charge in [-0.15, -0.1) is 0 Å². The highest BCUT2D eigenvalue weighted by Crippen LogP contribution is 2.24. The Kier molecular flexibility index (Phi) is 5.83. The van der Waals surface area contributed by atoms with Crippen LogP contribution in [0.4, 0.5) is 0 Å². The number of carbonyl (C=O) groups is 1. The van der Waals surface area contributed by atoms with Gasteiger partial charge in [0, 0.05) is 17.6 Å². The number of hydrogen-bond donors (Lipinski definition) is 1. The highest BCUT2D eigenvalue weighted by Gasteiger charge is 2.27. The summed E-state index contributed by atoms with van der Waals surface area (Å²) in [7, 11) is -3.54. The second-order valence-corrected chi connectivity index (χ2v) is 8.20. The number of hydrogen-bond acceptors (Lipinski definition) is 4. The minimum absolute atomic E-state index is 0.113. The fraction of sp³-hybridized carbons (Fsp3) is 0.533. The molecule has 1 heterocycles. The normalized spacial score (nSPS) is 19.4. The molecule has 1 fully saturated rings. The van der Waals surface area contributed by atoms with Crippen LogP contribution in [-0.4, -0.2) is 55.0 Å². The van der Waals surface area contributed by atoms with E-state index in [0.29, 0.717) is 6.54 Å². The summed E-state index contributed by atoms with van der Waals surface area (Å²) in [6, 6.07) is 7.93. The van der Waals surface area contributed by atoms with Gasteiger partial charge in [0.05, 0.1) is 5.75 Å². The minimum Gasteiger partial charge on any atom is -0.480 e. The zero-order valence-corrected chi connectivity index (χ0v) is 13.8. The number of sulfone groups is 1. The Morgan fingerprint density at radius 3 is 2.77 bits per heavy atom. The molecule has 1 aliphatic heterocycles. The molecule has 0 amide bonds. The summed E-state index contributed by atoms with van der Waals surface area (Å²) in [6.07, 6.45) is 2.82. The molecule has 1 aromatic rings. The van der Waals surface area contributed by atoms with Crippen molar-refractivity contribution in [2.75, 3.05) is 24.6 Å². The second-order valence-electron chi connectivity index (χ2n) is 5.61. The van der Waals surface area contributed by atoms with Gasteiger partial charge < -0.3 is 5.11 Å². The van der Waals surface area contributed by atoms with Crippen LogP contribution in [0, 0.1) is 0 Å².